The number of hydrogen-bond acceptors (Lipinski definition) is 2. The van der Waals surface area contributed by atoms with Gasteiger partial charge in [-0.2, -0.15) is 0 Å². The number of nitrogen functional groups attached to an aromatic ring is 1. The van der Waals surface area contributed by atoms with E-state index in [-0.39, 0.29) is 11.9 Å². The van der Waals surface area contributed by atoms with Gasteiger partial charge in [0.2, 0.25) is 0 Å². The Kier molecular flexibility index (Phi) is 5.16. The SMILES string of the molecule is CC(C)CC(C)OCc1ccccc1C(=N)N. The summed E-state index contributed by atoms with van der Waals surface area (Å²) < 4.78 is 5.78. The monoisotopic (exact) mass is 234 g/mol. The van der Waals surface area contributed by atoms with Gasteiger partial charge in [0.05, 0.1) is 12.7 Å². The molecule has 1 rings (SSSR count). The first-order chi connectivity index (χ1) is 8.00. The average molecular weight is 234 g/mol. The van der Waals surface area contributed by atoms with Gasteiger partial charge in [0, 0.05) is 5.56 Å². The van der Waals surface area contributed by atoms with E-state index in [4.69, 9.17) is 15.9 Å². The van der Waals surface area contributed by atoms with Gasteiger partial charge in [0.15, 0.2) is 0 Å². The van der Waals surface area contributed by atoms with Gasteiger partial charge in [-0.25, -0.2) is 0 Å². The molecule has 0 fully saturated rings. The van der Waals surface area contributed by atoms with Crippen LogP contribution in [0, 0.1) is 11.3 Å². The highest BCUT2D eigenvalue weighted by molar-refractivity contribution is 5.96. The first-order valence-electron chi connectivity index (χ1n) is 6.04. The number of nitrogens with two attached hydrogens (primary N) is 1. The van der Waals surface area contributed by atoms with E-state index in [0.29, 0.717) is 12.5 Å². The fourth-order valence-corrected chi connectivity index (χ4v) is 1.87. The summed E-state index contributed by atoms with van der Waals surface area (Å²) in [5.41, 5.74) is 7.28. The van der Waals surface area contributed by atoms with E-state index in [1.54, 1.807) is 0 Å². The smallest absolute Gasteiger partial charge is 0.123 e. The average Bonchev–Trinajstić information content (AvgIpc) is 2.25. The van der Waals surface area contributed by atoms with Gasteiger partial charge in [-0.15, -0.1) is 0 Å². The highest BCUT2D eigenvalue weighted by Crippen LogP contribution is 2.13. The number of ether oxygens (including phenoxy) is 1. The molecule has 0 aromatic heterocycles. The lowest BCUT2D eigenvalue weighted by Gasteiger charge is -2.16. The van der Waals surface area contributed by atoms with Crippen LogP contribution in [0.2, 0.25) is 0 Å². The van der Waals surface area contributed by atoms with Crippen molar-refractivity contribution in [3.8, 4) is 0 Å². The number of amidine groups is 1. The summed E-state index contributed by atoms with van der Waals surface area (Å²) in [6, 6.07) is 7.64. The highest BCUT2D eigenvalue weighted by atomic mass is 16.5. The maximum atomic E-state index is 7.50. The molecule has 0 saturated heterocycles. The summed E-state index contributed by atoms with van der Waals surface area (Å²) >= 11 is 0. The number of rotatable bonds is 6. The summed E-state index contributed by atoms with van der Waals surface area (Å²) in [7, 11) is 0. The van der Waals surface area contributed by atoms with E-state index in [2.05, 4.69) is 20.8 Å². The van der Waals surface area contributed by atoms with Crippen LogP contribution in [0.1, 0.15) is 38.3 Å². The van der Waals surface area contributed by atoms with Crippen molar-refractivity contribution < 1.29 is 4.74 Å². The molecule has 0 aliphatic rings. The van der Waals surface area contributed by atoms with Crippen molar-refractivity contribution in [3.63, 3.8) is 0 Å². The quantitative estimate of drug-likeness (QED) is 0.587. The zero-order valence-electron chi connectivity index (χ0n) is 10.9. The van der Waals surface area contributed by atoms with Crippen LogP contribution in [0.3, 0.4) is 0 Å². The molecule has 0 bridgehead atoms. The minimum absolute atomic E-state index is 0.0979. The number of nitrogens with one attached hydrogen (secondary N) is 1. The molecule has 0 amide bonds. The second-order valence-corrected chi connectivity index (χ2v) is 4.82. The third kappa shape index (κ3) is 4.57. The molecule has 94 valence electrons. The van der Waals surface area contributed by atoms with E-state index in [0.717, 1.165) is 17.5 Å². The fourth-order valence-electron chi connectivity index (χ4n) is 1.87. The van der Waals surface area contributed by atoms with E-state index in [9.17, 15) is 0 Å². The van der Waals surface area contributed by atoms with Crippen LogP contribution in [-0.2, 0) is 11.3 Å². The van der Waals surface area contributed by atoms with Crippen molar-refractivity contribution >= 4 is 5.84 Å². The molecule has 17 heavy (non-hydrogen) atoms. The summed E-state index contributed by atoms with van der Waals surface area (Å²) in [5.74, 6) is 0.730. The minimum Gasteiger partial charge on any atom is -0.384 e. The van der Waals surface area contributed by atoms with Crippen molar-refractivity contribution in [1.82, 2.24) is 0 Å². The lowest BCUT2D eigenvalue weighted by atomic mass is 10.1. The first kappa shape index (κ1) is 13.7. The molecule has 0 spiro atoms. The first-order valence-corrected chi connectivity index (χ1v) is 6.04. The molecule has 0 radical (unpaired) electrons. The van der Waals surface area contributed by atoms with Crippen LogP contribution in [0.4, 0.5) is 0 Å². The van der Waals surface area contributed by atoms with Crippen molar-refractivity contribution in [1.29, 1.82) is 5.41 Å². The molecular weight excluding hydrogens is 212 g/mol. The predicted molar refractivity (Wildman–Crippen MR) is 71.2 cm³/mol. The van der Waals surface area contributed by atoms with Gasteiger partial charge in [-0.1, -0.05) is 38.1 Å². The van der Waals surface area contributed by atoms with E-state index >= 15 is 0 Å². The van der Waals surface area contributed by atoms with Crippen LogP contribution in [0.25, 0.3) is 0 Å². The lowest BCUT2D eigenvalue weighted by molar-refractivity contribution is 0.0396. The Labute approximate surface area is 103 Å². The van der Waals surface area contributed by atoms with E-state index < -0.39 is 0 Å². The molecule has 3 N–H and O–H groups in total. The lowest BCUT2D eigenvalue weighted by Crippen LogP contribution is -2.16. The molecule has 1 atom stereocenters. The molecule has 0 heterocycles. The standard InChI is InChI=1S/C14H22N2O/c1-10(2)8-11(3)17-9-12-6-4-5-7-13(12)14(15)16/h4-7,10-11H,8-9H2,1-3H3,(H3,15,16). The molecule has 1 unspecified atom stereocenters. The topological polar surface area (TPSA) is 59.1 Å². The largest absolute Gasteiger partial charge is 0.384 e. The van der Waals surface area contributed by atoms with Crippen molar-refractivity contribution in [2.24, 2.45) is 11.7 Å². The molecule has 3 heteroatoms. The van der Waals surface area contributed by atoms with Crippen LogP contribution in [0.5, 0.6) is 0 Å². The Morgan fingerprint density at radius 3 is 2.53 bits per heavy atom. The molecule has 3 nitrogen and oxygen atoms in total. The van der Waals surface area contributed by atoms with Crippen molar-refractivity contribution in [3.05, 3.63) is 35.4 Å². The summed E-state index contributed by atoms with van der Waals surface area (Å²) in [6.45, 7) is 6.97. The maximum absolute atomic E-state index is 7.50. The van der Waals surface area contributed by atoms with E-state index in [1.165, 1.54) is 0 Å². The Balaban J connectivity index is 2.60. The number of benzene rings is 1. The van der Waals surface area contributed by atoms with Gasteiger partial charge in [0.1, 0.15) is 5.84 Å². The Morgan fingerprint density at radius 2 is 1.94 bits per heavy atom. The van der Waals surface area contributed by atoms with Crippen LogP contribution in [0.15, 0.2) is 24.3 Å². The zero-order chi connectivity index (χ0) is 12.8. The molecule has 1 aromatic carbocycles. The Bertz CT molecular complexity index is 374. The van der Waals surface area contributed by atoms with E-state index in [1.807, 2.05) is 24.3 Å². The van der Waals surface area contributed by atoms with Gasteiger partial charge in [-0.05, 0) is 24.8 Å². The van der Waals surface area contributed by atoms with Gasteiger partial charge in [-0.3, -0.25) is 5.41 Å². The van der Waals surface area contributed by atoms with Gasteiger partial charge >= 0.3 is 0 Å². The highest BCUT2D eigenvalue weighted by Gasteiger charge is 2.08. The van der Waals surface area contributed by atoms with Crippen LogP contribution < -0.4 is 5.73 Å². The molecule has 0 aliphatic carbocycles. The Hall–Kier alpha value is -1.35. The third-order valence-corrected chi connectivity index (χ3v) is 2.63. The summed E-state index contributed by atoms with van der Waals surface area (Å²) in [5, 5.41) is 7.50. The van der Waals surface area contributed by atoms with Gasteiger partial charge in [0.25, 0.3) is 0 Å². The Morgan fingerprint density at radius 1 is 1.29 bits per heavy atom. The molecule has 0 saturated carbocycles. The van der Waals surface area contributed by atoms with Crippen molar-refractivity contribution in [2.45, 2.75) is 39.9 Å². The minimum atomic E-state index is 0.0979. The zero-order valence-corrected chi connectivity index (χ0v) is 10.9. The maximum Gasteiger partial charge on any atom is 0.123 e. The van der Waals surface area contributed by atoms with Crippen LogP contribution in [-0.4, -0.2) is 11.9 Å². The molecule has 1 aromatic rings. The number of hydrogen-bond donors (Lipinski definition) is 2. The summed E-state index contributed by atoms with van der Waals surface area (Å²) in [4.78, 5) is 0. The normalized spacial score (nSPS) is 12.7. The molecule has 0 aliphatic heterocycles. The van der Waals surface area contributed by atoms with Crippen molar-refractivity contribution in [2.75, 3.05) is 0 Å². The fraction of sp³-hybridized carbons (Fsp3) is 0.500. The molecular formula is C14H22N2O. The summed E-state index contributed by atoms with van der Waals surface area (Å²) in [6.07, 6.45) is 1.28. The predicted octanol–water partition coefficient (Wildman–Crippen LogP) is 2.92. The second-order valence-electron chi connectivity index (χ2n) is 4.82. The van der Waals surface area contributed by atoms with Crippen LogP contribution >= 0.6 is 0 Å². The third-order valence-electron chi connectivity index (χ3n) is 2.63. The second kappa shape index (κ2) is 6.40. The van der Waals surface area contributed by atoms with Gasteiger partial charge < -0.3 is 10.5 Å².